The van der Waals surface area contributed by atoms with Crippen molar-refractivity contribution >= 4 is 33.2 Å². The van der Waals surface area contributed by atoms with E-state index in [0.717, 1.165) is 22.3 Å². The van der Waals surface area contributed by atoms with Gasteiger partial charge in [0.25, 0.3) is 5.91 Å². The molecule has 0 radical (unpaired) electrons. The third-order valence-electron chi connectivity index (χ3n) is 3.49. The van der Waals surface area contributed by atoms with Gasteiger partial charge in [-0.25, -0.2) is 5.43 Å². The van der Waals surface area contributed by atoms with Crippen LogP contribution in [0.3, 0.4) is 0 Å². The van der Waals surface area contributed by atoms with Crippen LogP contribution in [0, 0.1) is 5.92 Å². The van der Waals surface area contributed by atoms with E-state index in [1.54, 1.807) is 0 Å². The van der Waals surface area contributed by atoms with Crippen molar-refractivity contribution in [3.8, 4) is 0 Å². The summed E-state index contributed by atoms with van der Waals surface area (Å²) in [6, 6.07) is 7.73. The molecule has 4 nitrogen and oxygen atoms in total. The van der Waals surface area contributed by atoms with E-state index in [-0.39, 0.29) is 12.5 Å². The molecule has 5 heteroatoms. The van der Waals surface area contributed by atoms with Gasteiger partial charge < -0.3 is 5.32 Å². The van der Waals surface area contributed by atoms with Crippen molar-refractivity contribution in [1.82, 2.24) is 5.43 Å². The van der Waals surface area contributed by atoms with Gasteiger partial charge in [-0.05, 0) is 43.4 Å². The standard InChI is InChI=1S/C15H20BrN3O/c1-11-5-2-3-8-14(11)18-19-15(20)10-17-13-7-4-6-12(16)9-13/h4,6-7,9,11,17H,2-3,5,8,10H2,1H3,(H,19,20)/t11-/m1/s1. The fourth-order valence-electron chi connectivity index (χ4n) is 2.29. The van der Waals surface area contributed by atoms with Gasteiger partial charge >= 0.3 is 0 Å². The summed E-state index contributed by atoms with van der Waals surface area (Å²) >= 11 is 3.40. The number of anilines is 1. The number of nitrogens with one attached hydrogen (secondary N) is 2. The first kappa shape index (κ1) is 15.0. The molecule has 0 heterocycles. The van der Waals surface area contributed by atoms with Crippen LogP contribution < -0.4 is 10.7 Å². The average molecular weight is 338 g/mol. The van der Waals surface area contributed by atoms with Crippen LogP contribution in [0.2, 0.25) is 0 Å². The fraction of sp³-hybridized carbons (Fsp3) is 0.467. The Morgan fingerprint density at radius 1 is 1.45 bits per heavy atom. The van der Waals surface area contributed by atoms with Crippen LogP contribution in [-0.2, 0) is 4.79 Å². The number of nitrogens with zero attached hydrogens (tertiary/aromatic N) is 1. The van der Waals surface area contributed by atoms with E-state index in [2.05, 4.69) is 38.7 Å². The molecule has 0 aliphatic heterocycles. The van der Waals surface area contributed by atoms with Gasteiger partial charge in [-0.3, -0.25) is 4.79 Å². The third kappa shape index (κ3) is 4.63. The highest BCUT2D eigenvalue weighted by atomic mass is 79.9. The highest BCUT2D eigenvalue weighted by Gasteiger charge is 2.15. The summed E-state index contributed by atoms with van der Waals surface area (Å²) in [4.78, 5) is 11.8. The van der Waals surface area contributed by atoms with Crippen molar-refractivity contribution in [2.75, 3.05) is 11.9 Å². The lowest BCUT2D eigenvalue weighted by Crippen LogP contribution is -2.28. The molecule has 0 saturated heterocycles. The van der Waals surface area contributed by atoms with Crippen LogP contribution in [0.1, 0.15) is 32.6 Å². The molecule has 0 spiro atoms. The van der Waals surface area contributed by atoms with Crippen molar-refractivity contribution in [3.63, 3.8) is 0 Å². The summed E-state index contributed by atoms with van der Waals surface area (Å²) in [7, 11) is 0. The van der Waals surface area contributed by atoms with Crippen LogP contribution in [-0.4, -0.2) is 18.2 Å². The minimum atomic E-state index is -0.116. The van der Waals surface area contributed by atoms with E-state index in [0.29, 0.717) is 5.92 Å². The lowest BCUT2D eigenvalue weighted by atomic mass is 9.89. The predicted octanol–water partition coefficient (Wildman–Crippen LogP) is 3.54. The van der Waals surface area contributed by atoms with Crippen molar-refractivity contribution < 1.29 is 4.79 Å². The van der Waals surface area contributed by atoms with Crippen LogP contribution in [0.15, 0.2) is 33.8 Å². The van der Waals surface area contributed by atoms with Crippen LogP contribution in [0.4, 0.5) is 5.69 Å². The second kappa shape index (κ2) is 7.43. The number of hydrogen-bond donors (Lipinski definition) is 2. The Bertz CT molecular complexity index is 502. The molecule has 20 heavy (non-hydrogen) atoms. The monoisotopic (exact) mass is 337 g/mol. The summed E-state index contributed by atoms with van der Waals surface area (Å²) in [5, 5.41) is 7.33. The number of benzene rings is 1. The molecule has 1 aliphatic rings. The van der Waals surface area contributed by atoms with Gasteiger partial charge in [-0.1, -0.05) is 35.3 Å². The fourth-order valence-corrected chi connectivity index (χ4v) is 2.69. The van der Waals surface area contributed by atoms with Crippen molar-refractivity contribution in [2.24, 2.45) is 11.0 Å². The van der Waals surface area contributed by atoms with Crippen LogP contribution >= 0.6 is 15.9 Å². The largest absolute Gasteiger partial charge is 0.376 e. The normalized spacial score (nSPS) is 20.7. The highest BCUT2D eigenvalue weighted by molar-refractivity contribution is 9.10. The summed E-state index contributed by atoms with van der Waals surface area (Å²) in [6.45, 7) is 2.39. The van der Waals surface area contributed by atoms with Crippen molar-refractivity contribution in [3.05, 3.63) is 28.7 Å². The van der Waals surface area contributed by atoms with Gasteiger partial charge in [0, 0.05) is 15.9 Å². The maximum Gasteiger partial charge on any atom is 0.259 e. The minimum absolute atomic E-state index is 0.116. The summed E-state index contributed by atoms with van der Waals surface area (Å²) < 4.78 is 0.985. The number of carbonyl (C=O) groups is 1. The average Bonchev–Trinajstić information content (AvgIpc) is 2.44. The second-order valence-electron chi connectivity index (χ2n) is 5.15. The Hall–Kier alpha value is -1.36. The molecule has 1 atom stereocenters. The number of hydrazone groups is 1. The van der Waals surface area contributed by atoms with E-state index < -0.39 is 0 Å². The lowest BCUT2D eigenvalue weighted by Gasteiger charge is -2.19. The zero-order valence-electron chi connectivity index (χ0n) is 11.7. The molecular formula is C15H20BrN3O. The predicted molar refractivity (Wildman–Crippen MR) is 85.8 cm³/mol. The van der Waals surface area contributed by atoms with Crippen molar-refractivity contribution in [1.29, 1.82) is 0 Å². The molecule has 0 aromatic heterocycles. The first-order chi connectivity index (χ1) is 9.65. The van der Waals surface area contributed by atoms with E-state index in [1.807, 2.05) is 24.3 Å². The molecule has 1 saturated carbocycles. The van der Waals surface area contributed by atoms with Gasteiger partial charge in [0.2, 0.25) is 0 Å². The molecule has 1 fully saturated rings. The number of carbonyl (C=O) groups excluding carboxylic acids is 1. The molecule has 1 aromatic rings. The molecule has 1 amide bonds. The molecule has 108 valence electrons. The molecule has 2 N–H and O–H groups in total. The van der Waals surface area contributed by atoms with Crippen LogP contribution in [0.25, 0.3) is 0 Å². The molecule has 1 aromatic carbocycles. The minimum Gasteiger partial charge on any atom is -0.376 e. The maximum absolute atomic E-state index is 11.8. The SMILES string of the molecule is C[C@@H]1CCCCC1=NNC(=O)CNc1cccc(Br)c1. The van der Waals surface area contributed by atoms with Crippen LogP contribution in [0.5, 0.6) is 0 Å². The topological polar surface area (TPSA) is 53.5 Å². The molecule has 1 aliphatic carbocycles. The Morgan fingerprint density at radius 3 is 3.05 bits per heavy atom. The number of amides is 1. The Labute approximate surface area is 128 Å². The van der Waals surface area contributed by atoms with E-state index in [1.165, 1.54) is 19.3 Å². The second-order valence-corrected chi connectivity index (χ2v) is 6.06. The van der Waals surface area contributed by atoms with Gasteiger partial charge in [-0.2, -0.15) is 5.10 Å². The van der Waals surface area contributed by atoms with E-state index >= 15 is 0 Å². The smallest absolute Gasteiger partial charge is 0.259 e. The first-order valence-corrected chi connectivity index (χ1v) is 7.79. The number of rotatable bonds is 4. The molecule has 2 rings (SSSR count). The van der Waals surface area contributed by atoms with Gasteiger partial charge in [0.15, 0.2) is 0 Å². The van der Waals surface area contributed by atoms with Gasteiger partial charge in [-0.15, -0.1) is 0 Å². The summed E-state index contributed by atoms with van der Waals surface area (Å²) in [5.74, 6) is 0.373. The Kier molecular flexibility index (Phi) is 5.59. The first-order valence-electron chi connectivity index (χ1n) is 7.00. The van der Waals surface area contributed by atoms with E-state index in [9.17, 15) is 4.79 Å². The molecule has 0 bridgehead atoms. The summed E-state index contributed by atoms with van der Waals surface area (Å²) in [6.07, 6.45) is 4.61. The zero-order chi connectivity index (χ0) is 14.4. The quantitative estimate of drug-likeness (QED) is 0.825. The highest BCUT2D eigenvalue weighted by Crippen LogP contribution is 2.20. The number of halogens is 1. The molecule has 0 unspecified atom stereocenters. The van der Waals surface area contributed by atoms with Gasteiger partial charge in [0.05, 0.1) is 6.54 Å². The maximum atomic E-state index is 11.8. The van der Waals surface area contributed by atoms with Crippen molar-refractivity contribution in [2.45, 2.75) is 32.6 Å². The van der Waals surface area contributed by atoms with Gasteiger partial charge in [0.1, 0.15) is 0 Å². The molecular weight excluding hydrogens is 318 g/mol. The van der Waals surface area contributed by atoms with E-state index in [4.69, 9.17) is 0 Å². The lowest BCUT2D eigenvalue weighted by molar-refractivity contribution is -0.119. The Balaban J connectivity index is 1.79. The summed E-state index contributed by atoms with van der Waals surface area (Å²) in [5.41, 5.74) is 4.67. The number of hydrogen-bond acceptors (Lipinski definition) is 3. The Morgan fingerprint density at radius 2 is 2.30 bits per heavy atom. The third-order valence-corrected chi connectivity index (χ3v) is 3.98. The zero-order valence-corrected chi connectivity index (χ0v) is 13.2.